The molecule has 1 aromatic heterocycles. The van der Waals surface area contributed by atoms with Crippen LogP contribution in [-0.4, -0.2) is 67.2 Å². The van der Waals surface area contributed by atoms with Gasteiger partial charge in [0.15, 0.2) is 0 Å². The number of nitrogens with two attached hydrogens (primary N) is 1. The van der Waals surface area contributed by atoms with E-state index >= 15 is 0 Å². The average Bonchev–Trinajstić information content (AvgIpc) is 2.63. The Hall–Kier alpha value is -1.67. The zero-order valence-corrected chi connectivity index (χ0v) is 11.8. The van der Waals surface area contributed by atoms with Crippen LogP contribution in [0.1, 0.15) is 6.42 Å². The number of aromatic nitrogens is 3. The molecular weight excluding hydrogens is 244 g/mol. The monoisotopic (exact) mass is 266 g/mol. The SMILES string of the molecule is CN1CCCN(c2nc(NN)nc(N(C)C)n2)CC1. The van der Waals surface area contributed by atoms with E-state index in [0.29, 0.717) is 17.8 Å². The standard InChI is InChI=1S/C11H22N8/c1-17(2)10-13-9(16-12)14-11(15-10)19-6-4-5-18(3)7-8-19/h4-8,12H2,1-3H3,(H,13,14,15,16). The van der Waals surface area contributed by atoms with Crippen molar-refractivity contribution in [1.82, 2.24) is 19.9 Å². The minimum Gasteiger partial charge on any atom is -0.347 e. The highest BCUT2D eigenvalue weighted by atomic mass is 15.4. The topological polar surface area (TPSA) is 86.4 Å². The Morgan fingerprint density at radius 2 is 1.89 bits per heavy atom. The van der Waals surface area contributed by atoms with Gasteiger partial charge in [-0.25, -0.2) is 5.84 Å². The minimum absolute atomic E-state index is 0.395. The maximum atomic E-state index is 5.42. The highest BCUT2D eigenvalue weighted by Gasteiger charge is 2.17. The number of hydrazine groups is 1. The number of nitrogens with one attached hydrogen (secondary N) is 1. The van der Waals surface area contributed by atoms with E-state index in [1.165, 1.54) is 0 Å². The highest BCUT2D eigenvalue weighted by Crippen LogP contribution is 2.16. The van der Waals surface area contributed by atoms with Crippen LogP contribution in [0.4, 0.5) is 17.8 Å². The van der Waals surface area contributed by atoms with Gasteiger partial charge in [-0.1, -0.05) is 0 Å². The van der Waals surface area contributed by atoms with Crippen LogP contribution in [0.3, 0.4) is 0 Å². The van der Waals surface area contributed by atoms with Gasteiger partial charge in [0.1, 0.15) is 0 Å². The number of hydrogen-bond donors (Lipinski definition) is 2. The number of likely N-dealkylation sites (N-methyl/N-ethyl adjacent to an activating group) is 1. The van der Waals surface area contributed by atoms with Gasteiger partial charge in [-0.05, 0) is 20.0 Å². The van der Waals surface area contributed by atoms with Crippen molar-refractivity contribution in [3.05, 3.63) is 0 Å². The van der Waals surface area contributed by atoms with Gasteiger partial charge in [-0.15, -0.1) is 0 Å². The third-order valence-corrected chi connectivity index (χ3v) is 3.14. The van der Waals surface area contributed by atoms with Crippen molar-refractivity contribution in [3.63, 3.8) is 0 Å². The van der Waals surface area contributed by atoms with Gasteiger partial charge < -0.3 is 14.7 Å². The van der Waals surface area contributed by atoms with Crippen LogP contribution < -0.4 is 21.1 Å². The first-order valence-electron chi connectivity index (χ1n) is 6.43. The van der Waals surface area contributed by atoms with E-state index in [4.69, 9.17) is 5.84 Å². The largest absolute Gasteiger partial charge is 0.347 e. The predicted molar refractivity (Wildman–Crippen MR) is 76.3 cm³/mol. The Morgan fingerprint density at radius 1 is 1.11 bits per heavy atom. The van der Waals surface area contributed by atoms with Crippen molar-refractivity contribution in [2.75, 3.05) is 62.5 Å². The van der Waals surface area contributed by atoms with Crippen LogP contribution in [0.25, 0.3) is 0 Å². The summed E-state index contributed by atoms with van der Waals surface area (Å²) in [6.07, 6.45) is 1.10. The summed E-state index contributed by atoms with van der Waals surface area (Å²) in [7, 11) is 5.93. The average molecular weight is 266 g/mol. The third kappa shape index (κ3) is 3.42. The number of hydrogen-bond acceptors (Lipinski definition) is 8. The first-order chi connectivity index (χ1) is 9.10. The van der Waals surface area contributed by atoms with Crippen molar-refractivity contribution in [2.45, 2.75) is 6.42 Å². The second kappa shape index (κ2) is 5.98. The molecule has 19 heavy (non-hydrogen) atoms. The Morgan fingerprint density at radius 3 is 2.58 bits per heavy atom. The smallest absolute Gasteiger partial charge is 0.243 e. The molecule has 0 unspecified atom stereocenters. The van der Waals surface area contributed by atoms with E-state index in [0.717, 1.165) is 32.6 Å². The van der Waals surface area contributed by atoms with Crippen LogP contribution in [0.2, 0.25) is 0 Å². The van der Waals surface area contributed by atoms with Crippen LogP contribution in [0.15, 0.2) is 0 Å². The molecule has 2 heterocycles. The Labute approximate surface area is 113 Å². The van der Waals surface area contributed by atoms with E-state index in [1.807, 2.05) is 19.0 Å². The minimum atomic E-state index is 0.395. The first-order valence-corrected chi connectivity index (χ1v) is 6.43. The van der Waals surface area contributed by atoms with Crippen LogP contribution in [0.5, 0.6) is 0 Å². The molecule has 1 aromatic rings. The van der Waals surface area contributed by atoms with Crippen molar-refractivity contribution < 1.29 is 0 Å². The summed E-state index contributed by atoms with van der Waals surface area (Å²) >= 11 is 0. The van der Waals surface area contributed by atoms with Gasteiger partial charge in [-0.2, -0.15) is 15.0 Å². The molecule has 3 N–H and O–H groups in total. The van der Waals surface area contributed by atoms with Gasteiger partial charge in [0.25, 0.3) is 0 Å². The molecule has 0 atom stereocenters. The van der Waals surface area contributed by atoms with E-state index in [9.17, 15) is 0 Å². The molecule has 1 fully saturated rings. The molecule has 106 valence electrons. The van der Waals surface area contributed by atoms with Gasteiger partial charge in [0.2, 0.25) is 17.8 Å². The fourth-order valence-corrected chi connectivity index (χ4v) is 2.01. The molecule has 0 radical (unpaired) electrons. The molecule has 1 aliphatic heterocycles. The number of anilines is 3. The normalized spacial score (nSPS) is 17.2. The lowest BCUT2D eigenvalue weighted by Crippen LogP contribution is -2.31. The zero-order valence-electron chi connectivity index (χ0n) is 11.8. The molecule has 8 nitrogen and oxygen atoms in total. The van der Waals surface area contributed by atoms with E-state index in [-0.39, 0.29) is 0 Å². The summed E-state index contributed by atoms with van der Waals surface area (Å²) in [5.41, 5.74) is 2.50. The Bertz CT molecular complexity index is 421. The molecule has 1 saturated heterocycles. The number of nitrogens with zero attached hydrogens (tertiary/aromatic N) is 6. The second-order valence-corrected chi connectivity index (χ2v) is 4.94. The number of rotatable bonds is 3. The highest BCUT2D eigenvalue weighted by molar-refractivity contribution is 5.44. The molecule has 0 amide bonds. The number of nitrogen functional groups attached to an aromatic ring is 1. The van der Waals surface area contributed by atoms with Crippen LogP contribution >= 0.6 is 0 Å². The van der Waals surface area contributed by atoms with Gasteiger partial charge >= 0.3 is 0 Å². The van der Waals surface area contributed by atoms with Gasteiger partial charge in [0, 0.05) is 33.7 Å². The molecule has 2 rings (SSSR count). The van der Waals surface area contributed by atoms with Gasteiger partial charge in [-0.3, -0.25) is 5.43 Å². The summed E-state index contributed by atoms with van der Waals surface area (Å²) in [5, 5.41) is 0. The Balaban J connectivity index is 2.24. The maximum absolute atomic E-state index is 5.42. The lowest BCUT2D eigenvalue weighted by atomic mass is 10.4. The molecule has 0 spiro atoms. The van der Waals surface area contributed by atoms with Crippen molar-refractivity contribution in [2.24, 2.45) is 5.84 Å². The molecule has 0 aliphatic carbocycles. The predicted octanol–water partition coefficient (Wildman–Crippen LogP) is -0.635. The summed E-state index contributed by atoms with van der Waals surface area (Å²) in [4.78, 5) is 19.4. The third-order valence-electron chi connectivity index (χ3n) is 3.14. The summed E-state index contributed by atoms with van der Waals surface area (Å²) in [5.74, 6) is 7.11. The van der Waals surface area contributed by atoms with Crippen LogP contribution in [0, 0.1) is 0 Å². The van der Waals surface area contributed by atoms with Crippen LogP contribution in [-0.2, 0) is 0 Å². The molecule has 1 aliphatic rings. The molecule has 0 bridgehead atoms. The first kappa shape index (κ1) is 13.8. The lowest BCUT2D eigenvalue weighted by molar-refractivity contribution is 0.360. The lowest BCUT2D eigenvalue weighted by Gasteiger charge is -2.22. The van der Waals surface area contributed by atoms with E-state index in [1.54, 1.807) is 0 Å². The fourth-order valence-electron chi connectivity index (χ4n) is 2.01. The Kier molecular flexibility index (Phi) is 4.33. The molecule has 8 heteroatoms. The van der Waals surface area contributed by atoms with E-state index < -0.39 is 0 Å². The van der Waals surface area contributed by atoms with Crippen molar-refractivity contribution in [1.29, 1.82) is 0 Å². The summed E-state index contributed by atoms with van der Waals surface area (Å²) in [6.45, 7) is 3.97. The van der Waals surface area contributed by atoms with E-state index in [2.05, 4.69) is 37.2 Å². The molecule has 0 aromatic carbocycles. The molecular formula is C11H22N8. The second-order valence-electron chi connectivity index (χ2n) is 4.94. The van der Waals surface area contributed by atoms with Crippen molar-refractivity contribution >= 4 is 17.8 Å². The quantitative estimate of drug-likeness (QED) is 0.552. The van der Waals surface area contributed by atoms with Gasteiger partial charge in [0.05, 0.1) is 0 Å². The maximum Gasteiger partial charge on any atom is 0.243 e. The summed E-state index contributed by atoms with van der Waals surface area (Å²) in [6, 6.07) is 0. The molecule has 0 saturated carbocycles. The summed E-state index contributed by atoms with van der Waals surface area (Å²) < 4.78 is 0. The van der Waals surface area contributed by atoms with Crippen molar-refractivity contribution in [3.8, 4) is 0 Å². The fraction of sp³-hybridized carbons (Fsp3) is 0.727. The zero-order chi connectivity index (χ0) is 13.8.